The number of hydrogen-bond donors (Lipinski definition) is 0. The molecule has 2 saturated heterocycles. The summed E-state index contributed by atoms with van der Waals surface area (Å²) in [7, 11) is 0. The summed E-state index contributed by atoms with van der Waals surface area (Å²) in [6, 6.07) is 6.17. The van der Waals surface area contributed by atoms with Crippen molar-refractivity contribution in [3.8, 4) is 0 Å². The number of benzene rings is 1. The molecule has 0 spiro atoms. The first-order valence-electron chi connectivity index (χ1n) is 9.38. The minimum atomic E-state index is -0.418. The van der Waals surface area contributed by atoms with Crippen molar-refractivity contribution < 1.29 is 14.5 Å². The predicted molar refractivity (Wildman–Crippen MR) is 96.6 cm³/mol. The molecule has 2 fully saturated rings. The molecule has 0 radical (unpaired) electrons. The van der Waals surface area contributed by atoms with Gasteiger partial charge in [-0.15, -0.1) is 0 Å². The van der Waals surface area contributed by atoms with Crippen LogP contribution in [0, 0.1) is 10.1 Å². The van der Waals surface area contributed by atoms with Gasteiger partial charge in [0.1, 0.15) is 6.04 Å². The van der Waals surface area contributed by atoms with E-state index in [1.165, 1.54) is 12.1 Å². The smallest absolute Gasteiger partial charge is 0.269 e. The van der Waals surface area contributed by atoms with Crippen molar-refractivity contribution in [2.75, 3.05) is 19.6 Å². The Morgan fingerprint density at radius 1 is 1.08 bits per heavy atom. The van der Waals surface area contributed by atoms with Crippen LogP contribution in [0.5, 0.6) is 0 Å². The highest BCUT2D eigenvalue weighted by Crippen LogP contribution is 2.23. The van der Waals surface area contributed by atoms with Gasteiger partial charge < -0.3 is 9.80 Å². The van der Waals surface area contributed by atoms with Crippen molar-refractivity contribution in [3.05, 3.63) is 39.9 Å². The van der Waals surface area contributed by atoms with Gasteiger partial charge in [-0.25, -0.2) is 0 Å². The van der Waals surface area contributed by atoms with Gasteiger partial charge >= 0.3 is 0 Å². The maximum absolute atomic E-state index is 12.6. The molecule has 0 saturated carbocycles. The van der Waals surface area contributed by atoms with Crippen LogP contribution in [0.4, 0.5) is 5.69 Å². The number of aryl methyl sites for hydroxylation is 1. The average Bonchev–Trinajstić information content (AvgIpc) is 3.33. The lowest BCUT2D eigenvalue weighted by Crippen LogP contribution is -2.46. The van der Waals surface area contributed by atoms with Crippen molar-refractivity contribution in [1.82, 2.24) is 9.80 Å². The summed E-state index contributed by atoms with van der Waals surface area (Å²) in [5.74, 6) is 0.158. The molecule has 0 aromatic heterocycles. The molecule has 1 atom stereocenters. The summed E-state index contributed by atoms with van der Waals surface area (Å²) >= 11 is 0. The lowest BCUT2D eigenvalue weighted by Gasteiger charge is -2.27. The first-order valence-corrected chi connectivity index (χ1v) is 9.38. The Kier molecular flexibility index (Phi) is 5.85. The van der Waals surface area contributed by atoms with Crippen LogP contribution in [-0.4, -0.2) is 52.2 Å². The highest BCUT2D eigenvalue weighted by atomic mass is 16.6. The molecule has 26 heavy (non-hydrogen) atoms. The van der Waals surface area contributed by atoms with E-state index < -0.39 is 4.92 Å². The van der Waals surface area contributed by atoms with Crippen LogP contribution >= 0.6 is 0 Å². The highest BCUT2D eigenvalue weighted by Gasteiger charge is 2.36. The number of nitro groups is 1. The lowest BCUT2D eigenvalue weighted by molar-refractivity contribution is -0.384. The van der Waals surface area contributed by atoms with Crippen molar-refractivity contribution in [2.45, 2.75) is 51.0 Å². The van der Waals surface area contributed by atoms with Gasteiger partial charge in [-0.1, -0.05) is 12.1 Å². The van der Waals surface area contributed by atoms with Gasteiger partial charge in [-0.3, -0.25) is 19.7 Å². The number of nitrogens with zero attached hydrogens (tertiary/aromatic N) is 3. The molecular weight excluding hydrogens is 334 g/mol. The Labute approximate surface area is 153 Å². The summed E-state index contributed by atoms with van der Waals surface area (Å²) in [5.41, 5.74) is 1.06. The zero-order chi connectivity index (χ0) is 18.5. The summed E-state index contributed by atoms with van der Waals surface area (Å²) in [6.45, 7) is 2.30. The maximum atomic E-state index is 12.6. The van der Waals surface area contributed by atoms with Crippen LogP contribution in [0.1, 0.15) is 44.1 Å². The Balaban J connectivity index is 1.49. The van der Waals surface area contributed by atoms with Crippen LogP contribution in [0.3, 0.4) is 0 Å². The fourth-order valence-electron chi connectivity index (χ4n) is 3.84. The fraction of sp³-hybridized carbons (Fsp3) is 0.579. The fourth-order valence-corrected chi connectivity index (χ4v) is 3.84. The van der Waals surface area contributed by atoms with Crippen LogP contribution in [-0.2, 0) is 16.0 Å². The number of carbonyl (C=O) groups is 2. The van der Waals surface area contributed by atoms with Gasteiger partial charge in [0.25, 0.3) is 5.69 Å². The van der Waals surface area contributed by atoms with E-state index in [0.29, 0.717) is 25.8 Å². The summed E-state index contributed by atoms with van der Waals surface area (Å²) in [5, 5.41) is 10.7. The SMILES string of the molecule is O=C([C@@H]1CCCN1C(=O)CCCc1ccc([N+](=O)[O-])cc1)N1CCCC1. The molecule has 140 valence electrons. The average molecular weight is 359 g/mol. The zero-order valence-corrected chi connectivity index (χ0v) is 14.9. The summed E-state index contributed by atoms with van der Waals surface area (Å²) in [4.78, 5) is 39.1. The molecule has 2 aliphatic heterocycles. The van der Waals surface area contributed by atoms with Gasteiger partial charge in [-0.2, -0.15) is 0 Å². The molecule has 3 rings (SSSR count). The van der Waals surface area contributed by atoms with Crippen LogP contribution in [0.2, 0.25) is 0 Å². The Morgan fingerprint density at radius 2 is 1.77 bits per heavy atom. The molecule has 2 aliphatic rings. The Hall–Kier alpha value is -2.44. The van der Waals surface area contributed by atoms with E-state index in [0.717, 1.165) is 44.3 Å². The van der Waals surface area contributed by atoms with Crippen molar-refractivity contribution in [3.63, 3.8) is 0 Å². The van der Waals surface area contributed by atoms with E-state index in [-0.39, 0.29) is 23.5 Å². The van der Waals surface area contributed by atoms with E-state index in [1.54, 1.807) is 17.0 Å². The van der Waals surface area contributed by atoms with E-state index >= 15 is 0 Å². The Bertz CT molecular complexity index is 668. The van der Waals surface area contributed by atoms with Crippen molar-refractivity contribution in [2.24, 2.45) is 0 Å². The highest BCUT2D eigenvalue weighted by molar-refractivity contribution is 5.88. The summed E-state index contributed by atoms with van der Waals surface area (Å²) < 4.78 is 0. The third kappa shape index (κ3) is 4.20. The zero-order valence-electron chi connectivity index (χ0n) is 14.9. The number of likely N-dealkylation sites (tertiary alicyclic amines) is 2. The second-order valence-electron chi connectivity index (χ2n) is 7.05. The number of carbonyl (C=O) groups excluding carboxylic acids is 2. The molecule has 7 nitrogen and oxygen atoms in total. The number of non-ortho nitro benzene ring substituents is 1. The van der Waals surface area contributed by atoms with Crippen molar-refractivity contribution >= 4 is 17.5 Å². The monoisotopic (exact) mass is 359 g/mol. The molecule has 2 amide bonds. The molecule has 0 unspecified atom stereocenters. The number of hydrogen-bond acceptors (Lipinski definition) is 4. The van der Waals surface area contributed by atoms with E-state index in [1.807, 2.05) is 4.90 Å². The lowest BCUT2D eigenvalue weighted by atomic mass is 10.1. The Morgan fingerprint density at radius 3 is 2.42 bits per heavy atom. The first kappa shape index (κ1) is 18.4. The maximum Gasteiger partial charge on any atom is 0.269 e. The number of rotatable bonds is 6. The second kappa shape index (κ2) is 8.29. The normalized spacial score (nSPS) is 19.8. The molecule has 1 aromatic carbocycles. The van der Waals surface area contributed by atoms with Crippen LogP contribution < -0.4 is 0 Å². The minimum Gasteiger partial charge on any atom is -0.341 e. The van der Waals surface area contributed by atoms with Crippen LogP contribution in [0.15, 0.2) is 24.3 Å². The predicted octanol–water partition coefficient (Wildman–Crippen LogP) is 2.53. The largest absolute Gasteiger partial charge is 0.341 e. The standard InChI is InChI=1S/C19H25N3O4/c23-18(7-3-5-15-8-10-16(11-9-15)22(25)26)21-14-4-6-17(21)19(24)20-12-1-2-13-20/h8-11,17H,1-7,12-14H2/t17-/m0/s1. The van der Waals surface area contributed by atoms with E-state index in [2.05, 4.69) is 0 Å². The molecule has 0 bridgehead atoms. The molecular formula is C19H25N3O4. The number of amides is 2. The molecule has 0 N–H and O–H groups in total. The quantitative estimate of drug-likeness (QED) is 0.577. The van der Waals surface area contributed by atoms with Gasteiger partial charge in [0, 0.05) is 38.2 Å². The van der Waals surface area contributed by atoms with Gasteiger partial charge in [0.05, 0.1) is 4.92 Å². The van der Waals surface area contributed by atoms with Gasteiger partial charge in [-0.05, 0) is 44.1 Å². The van der Waals surface area contributed by atoms with Gasteiger partial charge in [0.15, 0.2) is 0 Å². The third-order valence-electron chi connectivity index (χ3n) is 5.28. The molecule has 0 aliphatic carbocycles. The van der Waals surface area contributed by atoms with E-state index in [4.69, 9.17) is 0 Å². The number of nitro benzene ring substituents is 1. The van der Waals surface area contributed by atoms with E-state index in [9.17, 15) is 19.7 Å². The molecule has 2 heterocycles. The van der Waals surface area contributed by atoms with Crippen molar-refractivity contribution in [1.29, 1.82) is 0 Å². The minimum absolute atomic E-state index is 0.0435. The molecule has 1 aromatic rings. The topological polar surface area (TPSA) is 83.8 Å². The molecule has 7 heteroatoms. The first-order chi connectivity index (χ1) is 12.6. The third-order valence-corrected chi connectivity index (χ3v) is 5.28. The summed E-state index contributed by atoms with van der Waals surface area (Å²) in [6.07, 6.45) is 5.55. The van der Waals surface area contributed by atoms with Crippen LogP contribution in [0.25, 0.3) is 0 Å². The van der Waals surface area contributed by atoms with Gasteiger partial charge in [0.2, 0.25) is 11.8 Å². The second-order valence-corrected chi connectivity index (χ2v) is 7.05.